The highest BCUT2D eigenvalue weighted by atomic mass is 16.5. The van der Waals surface area contributed by atoms with E-state index in [4.69, 9.17) is 14.7 Å². The summed E-state index contributed by atoms with van der Waals surface area (Å²) in [6.45, 7) is 0.596. The van der Waals surface area contributed by atoms with E-state index in [2.05, 4.69) is 11.4 Å². The molecule has 6 nitrogen and oxygen atoms in total. The monoisotopic (exact) mass is 323 g/mol. The molecule has 0 saturated carbocycles. The molecule has 1 heterocycles. The average Bonchev–Trinajstić information content (AvgIpc) is 2.63. The molecule has 0 bridgehead atoms. The van der Waals surface area contributed by atoms with E-state index in [1.54, 1.807) is 37.3 Å². The van der Waals surface area contributed by atoms with Crippen LogP contribution in [0.5, 0.6) is 11.5 Å². The van der Waals surface area contributed by atoms with Gasteiger partial charge >= 0.3 is 0 Å². The lowest BCUT2D eigenvalue weighted by atomic mass is 10.1. The lowest BCUT2D eigenvalue weighted by Crippen LogP contribution is -2.39. The summed E-state index contributed by atoms with van der Waals surface area (Å²) in [7, 11) is 3.13. The number of rotatable bonds is 4. The highest BCUT2D eigenvalue weighted by Gasteiger charge is 2.26. The van der Waals surface area contributed by atoms with Gasteiger partial charge in [-0.3, -0.25) is 4.79 Å². The number of hydrogen-bond donors (Lipinski definition) is 1. The Hall–Kier alpha value is -3.20. The second kappa shape index (κ2) is 6.50. The number of anilines is 2. The van der Waals surface area contributed by atoms with Crippen molar-refractivity contribution >= 4 is 17.3 Å². The van der Waals surface area contributed by atoms with Crippen molar-refractivity contribution in [1.29, 1.82) is 5.26 Å². The van der Waals surface area contributed by atoms with Gasteiger partial charge in [0, 0.05) is 12.1 Å². The molecule has 2 aromatic carbocycles. The molecule has 1 amide bonds. The minimum atomic E-state index is -0.0444. The smallest absolute Gasteiger partial charge is 0.246 e. The van der Waals surface area contributed by atoms with Gasteiger partial charge in [-0.25, -0.2) is 0 Å². The standard InChI is InChI=1S/C18H17N3O3/c1-23-16-7-14-15(8-17(16)24-2)21(18(22)10-20-14)11-13-5-3-4-12(6-13)9-19/h3-8,20H,10-11H2,1-2H3. The number of hydrogen-bond acceptors (Lipinski definition) is 5. The number of methoxy groups -OCH3 is 2. The van der Waals surface area contributed by atoms with E-state index in [1.165, 1.54) is 0 Å². The highest BCUT2D eigenvalue weighted by molar-refractivity contribution is 6.03. The molecular weight excluding hydrogens is 306 g/mol. The molecule has 1 N–H and O–H groups in total. The number of carbonyl (C=O) groups is 1. The summed E-state index contributed by atoms with van der Waals surface area (Å²) in [5.74, 6) is 1.12. The van der Waals surface area contributed by atoms with Gasteiger partial charge < -0.3 is 19.7 Å². The van der Waals surface area contributed by atoms with E-state index < -0.39 is 0 Å². The number of benzene rings is 2. The molecule has 0 aliphatic carbocycles. The van der Waals surface area contributed by atoms with Crippen LogP contribution in [-0.4, -0.2) is 26.7 Å². The van der Waals surface area contributed by atoms with Crippen LogP contribution in [0, 0.1) is 11.3 Å². The maximum Gasteiger partial charge on any atom is 0.246 e. The molecular formula is C18H17N3O3. The summed E-state index contributed by atoms with van der Waals surface area (Å²) in [6, 6.07) is 13.0. The van der Waals surface area contributed by atoms with Gasteiger partial charge in [-0.15, -0.1) is 0 Å². The number of nitrogens with zero attached hydrogens (tertiary/aromatic N) is 2. The van der Waals surface area contributed by atoms with Crippen LogP contribution in [0.1, 0.15) is 11.1 Å². The Morgan fingerprint density at radius 3 is 2.67 bits per heavy atom. The van der Waals surface area contributed by atoms with Crippen molar-refractivity contribution in [3.63, 3.8) is 0 Å². The van der Waals surface area contributed by atoms with Crippen LogP contribution >= 0.6 is 0 Å². The fourth-order valence-corrected chi connectivity index (χ4v) is 2.73. The van der Waals surface area contributed by atoms with Gasteiger partial charge in [0.1, 0.15) is 0 Å². The number of carbonyl (C=O) groups excluding carboxylic acids is 1. The second-order valence-corrected chi connectivity index (χ2v) is 5.37. The van der Waals surface area contributed by atoms with Gasteiger partial charge in [-0.2, -0.15) is 5.26 Å². The Kier molecular flexibility index (Phi) is 4.25. The Morgan fingerprint density at radius 2 is 1.96 bits per heavy atom. The Morgan fingerprint density at radius 1 is 1.21 bits per heavy atom. The third-order valence-corrected chi connectivity index (χ3v) is 3.92. The second-order valence-electron chi connectivity index (χ2n) is 5.37. The molecule has 1 aliphatic heterocycles. The van der Waals surface area contributed by atoms with Crippen LogP contribution in [-0.2, 0) is 11.3 Å². The van der Waals surface area contributed by atoms with Gasteiger partial charge in [0.25, 0.3) is 0 Å². The summed E-state index contributed by atoms with van der Waals surface area (Å²) in [5.41, 5.74) is 3.00. The first kappa shape index (κ1) is 15.7. The zero-order valence-corrected chi connectivity index (χ0v) is 13.5. The minimum absolute atomic E-state index is 0.0444. The number of nitriles is 1. The first-order chi connectivity index (χ1) is 11.7. The van der Waals surface area contributed by atoms with E-state index in [0.717, 1.165) is 16.9 Å². The highest BCUT2D eigenvalue weighted by Crippen LogP contribution is 2.40. The van der Waals surface area contributed by atoms with Crippen molar-refractivity contribution in [1.82, 2.24) is 0 Å². The summed E-state index contributed by atoms with van der Waals surface area (Å²) < 4.78 is 10.6. The SMILES string of the molecule is COc1cc2c(cc1OC)N(Cc1cccc(C#N)c1)C(=O)CN2. The average molecular weight is 323 g/mol. The Labute approximate surface area is 140 Å². The normalized spacial score (nSPS) is 12.9. The van der Waals surface area contributed by atoms with Crippen LogP contribution in [0.4, 0.5) is 11.4 Å². The van der Waals surface area contributed by atoms with Crippen molar-refractivity contribution < 1.29 is 14.3 Å². The molecule has 0 spiro atoms. The van der Waals surface area contributed by atoms with Gasteiger partial charge in [0.2, 0.25) is 5.91 Å². The zero-order chi connectivity index (χ0) is 17.1. The lowest BCUT2D eigenvalue weighted by Gasteiger charge is -2.31. The van der Waals surface area contributed by atoms with Crippen LogP contribution in [0.3, 0.4) is 0 Å². The van der Waals surface area contributed by atoms with Crippen LogP contribution in [0.2, 0.25) is 0 Å². The minimum Gasteiger partial charge on any atom is -0.493 e. The molecule has 122 valence electrons. The number of amides is 1. The fourth-order valence-electron chi connectivity index (χ4n) is 2.73. The molecule has 24 heavy (non-hydrogen) atoms. The van der Waals surface area contributed by atoms with E-state index in [-0.39, 0.29) is 12.5 Å². The molecule has 0 unspecified atom stereocenters. The van der Waals surface area contributed by atoms with Crippen molar-refractivity contribution in [2.45, 2.75) is 6.54 Å². The predicted octanol–water partition coefficient (Wildman–Crippen LogP) is 2.53. The zero-order valence-electron chi connectivity index (χ0n) is 13.5. The van der Waals surface area contributed by atoms with E-state index in [0.29, 0.717) is 23.6 Å². The third kappa shape index (κ3) is 2.84. The molecule has 0 saturated heterocycles. The maximum atomic E-state index is 12.4. The van der Waals surface area contributed by atoms with Crippen molar-refractivity contribution in [3.8, 4) is 17.6 Å². The van der Waals surface area contributed by atoms with Crippen molar-refractivity contribution in [2.24, 2.45) is 0 Å². The van der Waals surface area contributed by atoms with Crippen molar-refractivity contribution in [3.05, 3.63) is 47.5 Å². The van der Waals surface area contributed by atoms with Crippen LogP contribution in [0.25, 0.3) is 0 Å². The number of fused-ring (bicyclic) bond motifs is 1. The molecule has 1 aliphatic rings. The van der Waals surface area contributed by atoms with E-state index >= 15 is 0 Å². The summed E-state index contributed by atoms with van der Waals surface area (Å²) >= 11 is 0. The maximum absolute atomic E-state index is 12.4. The lowest BCUT2D eigenvalue weighted by molar-refractivity contribution is -0.117. The molecule has 0 aromatic heterocycles. The summed E-state index contributed by atoms with van der Waals surface area (Å²) in [4.78, 5) is 14.1. The summed E-state index contributed by atoms with van der Waals surface area (Å²) in [5, 5.41) is 12.1. The molecule has 0 radical (unpaired) electrons. The molecule has 2 aromatic rings. The first-order valence-electron chi connectivity index (χ1n) is 7.45. The largest absolute Gasteiger partial charge is 0.493 e. The van der Waals surface area contributed by atoms with Gasteiger partial charge in [0.15, 0.2) is 11.5 Å². The van der Waals surface area contributed by atoms with Gasteiger partial charge in [0.05, 0.1) is 50.3 Å². The topological polar surface area (TPSA) is 74.6 Å². The van der Waals surface area contributed by atoms with Crippen molar-refractivity contribution in [2.75, 3.05) is 31.0 Å². The first-order valence-corrected chi connectivity index (χ1v) is 7.45. The molecule has 3 rings (SSSR count). The number of ether oxygens (including phenoxy) is 2. The number of nitrogens with one attached hydrogen (secondary N) is 1. The molecule has 6 heteroatoms. The Bertz CT molecular complexity index is 827. The van der Waals surface area contributed by atoms with E-state index in [9.17, 15) is 4.79 Å². The molecule has 0 atom stereocenters. The van der Waals surface area contributed by atoms with Crippen LogP contribution in [0.15, 0.2) is 36.4 Å². The fraction of sp³-hybridized carbons (Fsp3) is 0.222. The Balaban J connectivity index is 2.00. The third-order valence-electron chi connectivity index (χ3n) is 3.92. The summed E-state index contributed by atoms with van der Waals surface area (Å²) in [6.07, 6.45) is 0. The molecule has 0 fully saturated rings. The quantitative estimate of drug-likeness (QED) is 0.936. The van der Waals surface area contributed by atoms with Crippen LogP contribution < -0.4 is 19.7 Å². The van der Waals surface area contributed by atoms with Gasteiger partial charge in [-0.05, 0) is 17.7 Å². The van der Waals surface area contributed by atoms with Gasteiger partial charge in [-0.1, -0.05) is 12.1 Å². The van der Waals surface area contributed by atoms with E-state index in [1.807, 2.05) is 18.2 Å². The predicted molar refractivity (Wildman–Crippen MR) is 90.4 cm³/mol.